The topological polar surface area (TPSA) is 23.9 Å². The molecule has 0 rings (SSSR count). The van der Waals surface area contributed by atoms with Gasteiger partial charge in [-0.2, -0.15) is 0 Å². The Balaban J connectivity index is 3.79. The van der Waals surface area contributed by atoms with Crippen molar-refractivity contribution in [3.05, 3.63) is 11.6 Å². The van der Waals surface area contributed by atoms with Crippen LogP contribution >= 0.6 is 22.6 Å². The van der Waals surface area contributed by atoms with E-state index in [0.717, 1.165) is 12.1 Å². The number of rotatable bonds is 7. The molecule has 1 nitrogen and oxygen atoms in total. The second-order valence-corrected chi connectivity index (χ2v) is 5.24. The third kappa shape index (κ3) is 6.57. The van der Waals surface area contributed by atoms with Gasteiger partial charge >= 0.3 is 0 Å². The summed E-state index contributed by atoms with van der Waals surface area (Å²) in [5, 5.41) is 7.51. The highest BCUT2D eigenvalue weighted by Gasteiger charge is 2.06. The highest BCUT2D eigenvalue weighted by atomic mass is 127. The Morgan fingerprint density at radius 3 is 2.50 bits per heavy atom. The van der Waals surface area contributed by atoms with Crippen LogP contribution < -0.4 is 0 Å². The van der Waals surface area contributed by atoms with Crippen LogP contribution in [0.4, 0.5) is 0 Å². The molecule has 0 saturated heterocycles. The summed E-state index contributed by atoms with van der Waals surface area (Å²) < 4.78 is 0.421. The van der Waals surface area contributed by atoms with Crippen LogP contribution in [-0.4, -0.2) is 9.64 Å². The van der Waals surface area contributed by atoms with Gasteiger partial charge in [0, 0.05) is 9.64 Å². The highest BCUT2D eigenvalue weighted by molar-refractivity contribution is 14.1. The molecule has 0 aromatic heterocycles. The Morgan fingerprint density at radius 1 is 1.43 bits per heavy atom. The van der Waals surface area contributed by atoms with Crippen molar-refractivity contribution in [3.63, 3.8) is 0 Å². The van der Waals surface area contributed by atoms with E-state index in [2.05, 4.69) is 42.5 Å². The molecule has 0 unspecified atom stereocenters. The minimum Gasteiger partial charge on any atom is -0.309 e. The summed E-state index contributed by atoms with van der Waals surface area (Å²) in [6.45, 7) is 6.26. The van der Waals surface area contributed by atoms with Crippen molar-refractivity contribution in [2.75, 3.05) is 0 Å². The predicted octanol–water partition coefficient (Wildman–Crippen LogP) is 4.75. The molecule has 0 amide bonds. The van der Waals surface area contributed by atoms with E-state index in [1.54, 1.807) is 5.57 Å². The smallest absolute Gasteiger partial charge is 0.0486 e. The van der Waals surface area contributed by atoms with E-state index in [9.17, 15) is 0 Å². The largest absolute Gasteiger partial charge is 0.309 e. The van der Waals surface area contributed by atoms with Crippen molar-refractivity contribution in [1.29, 1.82) is 5.41 Å². The van der Waals surface area contributed by atoms with Crippen molar-refractivity contribution in [1.82, 2.24) is 0 Å². The molecule has 0 aromatic carbocycles. The first-order valence-electron chi connectivity index (χ1n) is 5.45. The summed E-state index contributed by atoms with van der Waals surface area (Å²) in [7, 11) is 0. The Bertz CT molecular complexity index is 196. The molecule has 0 aliphatic rings. The van der Waals surface area contributed by atoms with Gasteiger partial charge in [0.1, 0.15) is 0 Å². The van der Waals surface area contributed by atoms with Crippen molar-refractivity contribution < 1.29 is 0 Å². The number of nitrogens with one attached hydrogen (secondary N) is 1. The third-order valence-corrected chi connectivity index (χ3v) is 4.01. The molecule has 0 fully saturated rings. The molecule has 1 N–H and O–H groups in total. The van der Waals surface area contributed by atoms with Gasteiger partial charge in [-0.25, -0.2) is 0 Å². The molecule has 1 atom stereocenters. The molecule has 0 radical (unpaired) electrons. The monoisotopic (exact) mass is 307 g/mol. The maximum absolute atomic E-state index is 7.51. The fourth-order valence-corrected chi connectivity index (χ4v) is 1.66. The first-order valence-corrected chi connectivity index (χ1v) is 6.69. The van der Waals surface area contributed by atoms with Gasteiger partial charge in [-0.05, 0) is 39.5 Å². The summed E-state index contributed by atoms with van der Waals surface area (Å²) >= 11 is 2.37. The van der Waals surface area contributed by atoms with Crippen LogP contribution in [0.3, 0.4) is 0 Å². The Labute approximate surface area is 102 Å². The summed E-state index contributed by atoms with van der Waals surface area (Å²) in [5.74, 6) is 0. The molecule has 2 heteroatoms. The Hall–Kier alpha value is 0.140. The molecular weight excluding hydrogens is 285 g/mol. The van der Waals surface area contributed by atoms with Gasteiger partial charge in [0.2, 0.25) is 0 Å². The summed E-state index contributed by atoms with van der Waals surface area (Å²) in [5.41, 5.74) is 2.37. The van der Waals surface area contributed by atoms with Gasteiger partial charge in [0.05, 0.1) is 0 Å². The predicted molar refractivity (Wildman–Crippen MR) is 73.7 cm³/mol. The maximum atomic E-state index is 7.51. The quantitative estimate of drug-likeness (QED) is 0.304. The lowest BCUT2D eigenvalue weighted by molar-refractivity contribution is 0.737. The molecule has 0 aliphatic carbocycles. The van der Waals surface area contributed by atoms with Crippen molar-refractivity contribution in [2.45, 2.75) is 56.8 Å². The number of hydrogen-bond donors (Lipinski definition) is 1. The van der Waals surface area contributed by atoms with E-state index in [-0.39, 0.29) is 0 Å². The lowest BCUT2D eigenvalue weighted by Crippen LogP contribution is -2.08. The lowest BCUT2D eigenvalue weighted by atomic mass is 10.0. The van der Waals surface area contributed by atoms with Gasteiger partial charge in [0.25, 0.3) is 0 Å². The second kappa shape index (κ2) is 8.45. The molecule has 82 valence electrons. The van der Waals surface area contributed by atoms with Crippen molar-refractivity contribution in [2.24, 2.45) is 0 Å². The van der Waals surface area contributed by atoms with E-state index in [1.165, 1.54) is 25.7 Å². The first-order chi connectivity index (χ1) is 6.61. The third-order valence-electron chi connectivity index (χ3n) is 2.45. The number of alkyl halides is 1. The number of halogens is 1. The summed E-state index contributed by atoms with van der Waals surface area (Å²) in [4.78, 5) is 0. The maximum Gasteiger partial charge on any atom is 0.0486 e. The van der Waals surface area contributed by atoms with E-state index in [0.29, 0.717) is 3.92 Å². The number of hydrogen-bond acceptors (Lipinski definition) is 1. The van der Waals surface area contributed by atoms with Crippen LogP contribution in [0.15, 0.2) is 11.6 Å². The van der Waals surface area contributed by atoms with E-state index < -0.39 is 0 Å². The van der Waals surface area contributed by atoms with E-state index in [4.69, 9.17) is 5.41 Å². The van der Waals surface area contributed by atoms with E-state index >= 15 is 0 Å². The van der Waals surface area contributed by atoms with Crippen molar-refractivity contribution >= 4 is 28.3 Å². The molecule has 0 heterocycles. The Kier molecular flexibility index (Phi) is 8.53. The standard InChI is InChI=1S/C12H22IN/c1-4-6-7-11(5-2)8-9-12(13)10(3)14/h5,12,14H,4,6-9H2,1-3H3/b11-5-,14-10?/t12-/m1/s1. The summed E-state index contributed by atoms with van der Waals surface area (Å²) in [6.07, 6.45) is 8.36. The fourth-order valence-electron chi connectivity index (χ4n) is 1.35. The van der Waals surface area contributed by atoms with Crippen LogP contribution in [0.1, 0.15) is 52.9 Å². The molecule has 14 heavy (non-hydrogen) atoms. The van der Waals surface area contributed by atoms with Gasteiger partial charge < -0.3 is 5.41 Å². The summed E-state index contributed by atoms with van der Waals surface area (Å²) in [6, 6.07) is 0. The van der Waals surface area contributed by atoms with Gasteiger partial charge in [0.15, 0.2) is 0 Å². The second-order valence-electron chi connectivity index (χ2n) is 3.74. The average molecular weight is 307 g/mol. The zero-order chi connectivity index (χ0) is 11.0. The van der Waals surface area contributed by atoms with Crippen LogP contribution in [0.2, 0.25) is 0 Å². The zero-order valence-corrected chi connectivity index (χ0v) is 11.7. The molecule has 0 aromatic rings. The van der Waals surface area contributed by atoms with Crippen LogP contribution in [0.25, 0.3) is 0 Å². The molecule has 0 spiro atoms. The average Bonchev–Trinajstić information content (AvgIpc) is 2.17. The minimum atomic E-state index is 0.421. The normalized spacial score (nSPS) is 14.1. The first kappa shape index (κ1) is 14.1. The zero-order valence-electron chi connectivity index (χ0n) is 9.57. The number of allylic oxidation sites excluding steroid dienone is 2. The van der Waals surface area contributed by atoms with Gasteiger partial charge in [-0.15, -0.1) is 0 Å². The van der Waals surface area contributed by atoms with Crippen LogP contribution in [0.5, 0.6) is 0 Å². The Morgan fingerprint density at radius 2 is 2.07 bits per heavy atom. The van der Waals surface area contributed by atoms with Gasteiger partial charge in [-0.1, -0.05) is 47.6 Å². The van der Waals surface area contributed by atoms with Crippen molar-refractivity contribution in [3.8, 4) is 0 Å². The van der Waals surface area contributed by atoms with Crippen LogP contribution in [-0.2, 0) is 0 Å². The molecule has 0 saturated carbocycles. The molecular formula is C12H22IN. The fraction of sp³-hybridized carbons (Fsp3) is 0.750. The van der Waals surface area contributed by atoms with Gasteiger partial charge in [-0.3, -0.25) is 0 Å². The lowest BCUT2D eigenvalue weighted by Gasteiger charge is -2.10. The van der Waals surface area contributed by atoms with E-state index in [1.807, 2.05) is 6.92 Å². The number of unbranched alkanes of at least 4 members (excludes halogenated alkanes) is 1. The highest BCUT2D eigenvalue weighted by Crippen LogP contribution is 2.18. The molecule has 0 aliphatic heterocycles. The molecule has 0 bridgehead atoms. The minimum absolute atomic E-state index is 0.421. The van der Waals surface area contributed by atoms with Crippen LogP contribution in [0, 0.1) is 5.41 Å². The SMILES string of the molecule is C/C=C(/CCCC)CC[C@@H](I)C(C)=N.